The Morgan fingerprint density at radius 3 is 2.32 bits per heavy atom. The maximum Gasteiger partial charge on any atom is 0.229 e. The Morgan fingerprint density at radius 1 is 0.935 bits per heavy atom. The number of fused-ring (bicyclic) bond motifs is 1. The van der Waals surface area contributed by atoms with Gasteiger partial charge >= 0.3 is 0 Å². The summed E-state index contributed by atoms with van der Waals surface area (Å²) in [6.07, 6.45) is -6.59. The van der Waals surface area contributed by atoms with Gasteiger partial charge in [0.2, 0.25) is 17.5 Å². The average Bonchev–Trinajstić information content (AvgIpc) is 2.76. The molecule has 31 heavy (non-hydrogen) atoms. The summed E-state index contributed by atoms with van der Waals surface area (Å²) in [5, 5.41) is 59.1. The second-order valence-electron chi connectivity index (χ2n) is 7.13. The molecule has 4 rings (SSSR count). The van der Waals surface area contributed by atoms with E-state index in [0.29, 0.717) is 5.56 Å². The molecule has 0 unspecified atom stereocenters. The molecule has 0 saturated carbocycles. The summed E-state index contributed by atoms with van der Waals surface area (Å²) in [7, 11) is 0. The lowest BCUT2D eigenvalue weighted by atomic mass is 9.99. The molecule has 0 spiro atoms. The van der Waals surface area contributed by atoms with Crippen molar-refractivity contribution in [2.75, 3.05) is 6.61 Å². The van der Waals surface area contributed by atoms with Crippen LogP contribution in [-0.2, 0) is 4.74 Å². The largest absolute Gasteiger partial charge is 0.508 e. The third kappa shape index (κ3) is 3.71. The highest BCUT2D eigenvalue weighted by Crippen LogP contribution is 2.37. The van der Waals surface area contributed by atoms with Crippen LogP contribution >= 0.6 is 0 Å². The van der Waals surface area contributed by atoms with E-state index in [0.717, 1.165) is 6.26 Å². The standard InChI is InChI=1S/C21H20O10/c22-7-14-16(26)17(27)18(28)21(30-14)31-20-13(24)6-5-11-15(25)12(8-29-19(11)20)9-1-3-10(23)4-2-9/h1-6,8,14,16-18,21-24,26-28H,7H2/t14-,16-,17+,18-,21+/m0/s1. The molecule has 1 fully saturated rings. The number of phenolic OH excluding ortho intramolecular Hbond substituents is 2. The van der Waals surface area contributed by atoms with E-state index >= 15 is 0 Å². The second kappa shape index (κ2) is 8.17. The lowest BCUT2D eigenvalue weighted by molar-refractivity contribution is -0.277. The van der Waals surface area contributed by atoms with Gasteiger partial charge in [-0.25, -0.2) is 0 Å². The topological polar surface area (TPSA) is 170 Å². The van der Waals surface area contributed by atoms with E-state index in [4.69, 9.17) is 13.9 Å². The Kier molecular flexibility index (Phi) is 5.56. The van der Waals surface area contributed by atoms with Crippen molar-refractivity contribution in [2.45, 2.75) is 30.7 Å². The van der Waals surface area contributed by atoms with Crippen molar-refractivity contribution in [3.63, 3.8) is 0 Å². The maximum atomic E-state index is 13.0. The Morgan fingerprint density at radius 2 is 1.65 bits per heavy atom. The van der Waals surface area contributed by atoms with Gasteiger partial charge in [0.15, 0.2) is 11.3 Å². The lowest BCUT2D eigenvalue weighted by Gasteiger charge is -2.39. The van der Waals surface area contributed by atoms with Gasteiger partial charge < -0.3 is 44.5 Å². The molecule has 1 aliphatic rings. The van der Waals surface area contributed by atoms with Crippen molar-refractivity contribution < 1.29 is 44.5 Å². The fourth-order valence-electron chi connectivity index (χ4n) is 3.40. The molecule has 0 amide bonds. The van der Waals surface area contributed by atoms with Crippen molar-refractivity contribution in [1.82, 2.24) is 0 Å². The van der Waals surface area contributed by atoms with E-state index in [2.05, 4.69) is 0 Å². The molecule has 2 aromatic carbocycles. The van der Waals surface area contributed by atoms with Crippen LogP contribution < -0.4 is 10.2 Å². The smallest absolute Gasteiger partial charge is 0.229 e. The predicted molar refractivity (Wildman–Crippen MR) is 106 cm³/mol. The number of phenols is 2. The van der Waals surface area contributed by atoms with Gasteiger partial charge in [-0.05, 0) is 29.8 Å². The first-order chi connectivity index (χ1) is 14.8. The number of benzene rings is 2. The number of aromatic hydroxyl groups is 2. The second-order valence-corrected chi connectivity index (χ2v) is 7.13. The van der Waals surface area contributed by atoms with E-state index in [1.165, 1.54) is 24.3 Å². The highest BCUT2D eigenvalue weighted by atomic mass is 16.7. The van der Waals surface area contributed by atoms with Crippen LogP contribution in [0.3, 0.4) is 0 Å². The summed E-state index contributed by atoms with van der Waals surface area (Å²) >= 11 is 0. The monoisotopic (exact) mass is 432 g/mol. The summed E-state index contributed by atoms with van der Waals surface area (Å²) in [6, 6.07) is 8.45. The summed E-state index contributed by atoms with van der Waals surface area (Å²) in [4.78, 5) is 13.0. The molecule has 0 radical (unpaired) electrons. The fraction of sp³-hybridized carbons (Fsp3) is 0.286. The van der Waals surface area contributed by atoms with Gasteiger partial charge in [0.25, 0.3) is 0 Å². The highest BCUT2D eigenvalue weighted by Gasteiger charge is 2.45. The quantitative estimate of drug-likeness (QED) is 0.331. The van der Waals surface area contributed by atoms with Crippen LogP contribution in [0.1, 0.15) is 0 Å². The van der Waals surface area contributed by atoms with Crippen molar-refractivity contribution in [1.29, 1.82) is 0 Å². The molecular weight excluding hydrogens is 412 g/mol. The zero-order valence-corrected chi connectivity index (χ0v) is 16.0. The number of rotatable bonds is 4. The molecule has 10 heteroatoms. The molecule has 3 aromatic rings. The molecule has 164 valence electrons. The fourth-order valence-corrected chi connectivity index (χ4v) is 3.40. The zero-order valence-electron chi connectivity index (χ0n) is 16.0. The van der Waals surface area contributed by atoms with E-state index in [9.17, 15) is 35.4 Å². The highest BCUT2D eigenvalue weighted by molar-refractivity contribution is 5.88. The Bertz CT molecular complexity index is 1140. The third-order valence-electron chi connectivity index (χ3n) is 5.14. The van der Waals surface area contributed by atoms with Gasteiger partial charge in [-0.15, -0.1) is 0 Å². The predicted octanol–water partition coefficient (Wildman–Crippen LogP) is 0.0499. The summed E-state index contributed by atoms with van der Waals surface area (Å²) in [5.41, 5.74) is 0.130. The molecule has 6 N–H and O–H groups in total. The third-order valence-corrected chi connectivity index (χ3v) is 5.14. The van der Waals surface area contributed by atoms with Gasteiger partial charge in [0, 0.05) is 0 Å². The average molecular weight is 432 g/mol. The summed E-state index contributed by atoms with van der Waals surface area (Å²) < 4.78 is 16.3. The van der Waals surface area contributed by atoms with Gasteiger partial charge in [0.1, 0.15) is 36.4 Å². The molecular formula is C21H20O10. The normalized spacial score (nSPS) is 26.1. The molecule has 1 aliphatic heterocycles. The van der Waals surface area contributed by atoms with E-state index in [1.807, 2.05) is 0 Å². The number of ether oxygens (including phenoxy) is 2. The van der Waals surface area contributed by atoms with Gasteiger partial charge in [-0.2, -0.15) is 0 Å². The summed E-state index contributed by atoms with van der Waals surface area (Å²) in [5.74, 6) is -0.713. The zero-order chi connectivity index (χ0) is 22.3. The van der Waals surface area contributed by atoms with Crippen molar-refractivity contribution in [3.05, 3.63) is 52.9 Å². The lowest BCUT2D eigenvalue weighted by Crippen LogP contribution is -2.60. The van der Waals surface area contributed by atoms with Crippen LogP contribution in [0.15, 0.2) is 51.9 Å². The number of hydrogen-bond acceptors (Lipinski definition) is 10. The Hall–Kier alpha value is -3.15. The molecule has 1 saturated heterocycles. The van der Waals surface area contributed by atoms with Crippen LogP contribution in [0, 0.1) is 0 Å². The van der Waals surface area contributed by atoms with Gasteiger partial charge in [-0.1, -0.05) is 12.1 Å². The number of aliphatic hydroxyl groups is 4. The van der Waals surface area contributed by atoms with E-state index in [-0.39, 0.29) is 28.0 Å². The first-order valence-corrected chi connectivity index (χ1v) is 9.36. The van der Waals surface area contributed by atoms with Crippen molar-refractivity contribution in [3.8, 4) is 28.4 Å². The molecule has 10 nitrogen and oxygen atoms in total. The first-order valence-electron chi connectivity index (χ1n) is 9.36. The number of hydrogen-bond donors (Lipinski definition) is 6. The van der Waals surface area contributed by atoms with Gasteiger partial charge in [-0.3, -0.25) is 4.79 Å². The molecule has 2 heterocycles. The minimum atomic E-state index is -1.71. The SMILES string of the molecule is O=c1c(-c2ccc(O)cc2)coc2c(O[C@H]3O[C@@H](CO)[C@H](O)[C@@H](O)[C@@H]3O)c(O)ccc12. The van der Waals surface area contributed by atoms with E-state index < -0.39 is 48.5 Å². The first kappa shape index (κ1) is 21.1. The van der Waals surface area contributed by atoms with Crippen molar-refractivity contribution >= 4 is 11.0 Å². The van der Waals surface area contributed by atoms with Crippen LogP contribution in [0.25, 0.3) is 22.1 Å². The minimum Gasteiger partial charge on any atom is -0.508 e. The number of aliphatic hydroxyl groups excluding tert-OH is 4. The van der Waals surface area contributed by atoms with Crippen LogP contribution in [0.5, 0.6) is 17.2 Å². The van der Waals surface area contributed by atoms with Crippen LogP contribution in [0.4, 0.5) is 0 Å². The Labute approximate surface area is 174 Å². The minimum absolute atomic E-state index is 0.0362. The van der Waals surface area contributed by atoms with E-state index in [1.54, 1.807) is 12.1 Å². The van der Waals surface area contributed by atoms with Crippen molar-refractivity contribution in [2.24, 2.45) is 0 Å². The maximum absolute atomic E-state index is 13.0. The molecule has 1 aromatic heterocycles. The Balaban J connectivity index is 1.75. The molecule has 0 bridgehead atoms. The molecule has 0 aliphatic carbocycles. The van der Waals surface area contributed by atoms with Crippen LogP contribution in [0.2, 0.25) is 0 Å². The summed E-state index contributed by atoms with van der Waals surface area (Å²) in [6.45, 7) is -0.655. The van der Waals surface area contributed by atoms with Crippen LogP contribution in [-0.4, -0.2) is 68.0 Å². The molecule has 5 atom stereocenters. The van der Waals surface area contributed by atoms with Gasteiger partial charge in [0.05, 0.1) is 17.6 Å².